The molecule has 0 aliphatic carbocycles. The van der Waals surface area contributed by atoms with Crippen molar-refractivity contribution in [3.05, 3.63) is 35.7 Å². The molecule has 3 nitrogen and oxygen atoms in total. The zero-order valence-electron chi connectivity index (χ0n) is 9.14. The molecule has 0 saturated heterocycles. The second-order valence-corrected chi connectivity index (χ2v) is 3.40. The first-order chi connectivity index (χ1) is 7.27. The van der Waals surface area contributed by atoms with E-state index >= 15 is 0 Å². The third kappa shape index (κ3) is 3.54. The number of aromatic nitrogens is 1. The SMILES string of the molecule is CCCC(=N\O)/C(C)=C/c1ccncc1. The van der Waals surface area contributed by atoms with Crippen molar-refractivity contribution in [1.82, 2.24) is 4.98 Å². The predicted octanol–water partition coefficient (Wildman–Crippen LogP) is 3.12. The van der Waals surface area contributed by atoms with E-state index in [4.69, 9.17) is 5.21 Å². The number of hydrogen-bond donors (Lipinski definition) is 1. The van der Waals surface area contributed by atoms with Gasteiger partial charge in [-0.1, -0.05) is 18.5 Å². The van der Waals surface area contributed by atoms with Crippen LogP contribution in [0.1, 0.15) is 32.3 Å². The summed E-state index contributed by atoms with van der Waals surface area (Å²) in [5.74, 6) is 0. The van der Waals surface area contributed by atoms with Crippen LogP contribution in [0.3, 0.4) is 0 Å². The van der Waals surface area contributed by atoms with Gasteiger partial charge >= 0.3 is 0 Å². The lowest BCUT2D eigenvalue weighted by Crippen LogP contribution is -1.99. The molecule has 1 heterocycles. The second-order valence-electron chi connectivity index (χ2n) is 3.40. The van der Waals surface area contributed by atoms with E-state index in [2.05, 4.69) is 17.1 Å². The van der Waals surface area contributed by atoms with Gasteiger partial charge in [0.05, 0.1) is 5.71 Å². The van der Waals surface area contributed by atoms with Crippen molar-refractivity contribution in [3.8, 4) is 0 Å². The van der Waals surface area contributed by atoms with Crippen molar-refractivity contribution in [2.75, 3.05) is 0 Å². The van der Waals surface area contributed by atoms with Gasteiger partial charge in [-0.15, -0.1) is 0 Å². The van der Waals surface area contributed by atoms with Crippen molar-refractivity contribution in [3.63, 3.8) is 0 Å². The highest BCUT2D eigenvalue weighted by Crippen LogP contribution is 2.09. The van der Waals surface area contributed by atoms with E-state index in [0.717, 1.165) is 29.7 Å². The molecule has 0 unspecified atom stereocenters. The summed E-state index contributed by atoms with van der Waals surface area (Å²) >= 11 is 0. The minimum Gasteiger partial charge on any atom is -0.411 e. The van der Waals surface area contributed by atoms with Crippen LogP contribution >= 0.6 is 0 Å². The first kappa shape index (κ1) is 11.4. The Morgan fingerprint density at radius 3 is 2.67 bits per heavy atom. The molecule has 0 aliphatic heterocycles. The third-order valence-corrected chi connectivity index (χ3v) is 2.15. The second kappa shape index (κ2) is 5.96. The summed E-state index contributed by atoms with van der Waals surface area (Å²) in [6.07, 6.45) is 7.25. The van der Waals surface area contributed by atoms with Gasteiger partial charge in [-0.05, 0) is 42.7 Å². The summed E-state index contributed by atoms with van der Waals surface area (Å²) in [4.78, 5) is 3.95. The normalized spacial score (nSPS) is 12.9. The van der Waals surface area contributed by atoms with Gasteiger partial charge in [0.15, 0.2) is 0 Å². The van der Waals surface area contributed by atoms with Crippen LogP contribution < -0.4 is 0 Å². The Morgan fingerprint density at radius 1 is 1.47 bits per heavy atom. The van der Waals surface area contributed by atoms with Gasteiger partial charge in [0, 0.05) is 12.4 Å². The van der Waals surface area contributed by atoms with Crippen molar-refractivity contribution in [2.24, 2.45) is 5.16 Å². The van der Waals surface area contributed by atoms with Gasteiger partial charge in [0.1, 0.15) is 0 Å². The Hall–Kier alpha value is -1.64. The molecule has 0 spiro atoms. The molecule has 0 atom stereocenters. The number of rotatable bonds is 4. The van der Waals surface area contributed by atoms with Crippen LogP contribution in [-0.4, -0.2) is 15.9 Å². The minimum absolute atomic E-state index is 0.745. The van der Waals surface area contributed by atoms with Crippen LogP contribution in [0.4, 0.5) is 0 Å². The molecule has 0 radical (unpaired) electrons. The first-order valence-corrected chi connectivity index (χ1v) is 5.07. The molecule has 15 heavy (non-hydrogen) atoms. The van der Waals surface area contributed by atoms with Crippen LogP contribution in [0.5, 0.6) is 0 Å². The molecule has 0 bridgehead atoms. The minimum atomic E-state index is 0.745. The highest BCUT2D eigenvalue weighted by molar-refractivity contribution is 6.02. The number of pyridine rings is 1. The maximum Gasteiger partial charge on any atom is 0.0824 e. The van der Waals surface area contributed by atoms with E-state index < -0.39 is 0 Å². The smallest absolute Gasteiger partial charge is 0.0824 e. The van der Waals surface area contributed by atoms with Crippen LogP contribution in [0.25, 0.3) is 6.08 Å². The summed E-state index contributed by atoms with van der Waals surface area (Å²) in [5, 5.41) is 12.1. The molecule has 0 aromatic carbocycles. The lowest BCUT2D eigenvalue weighted by molar-refractivity contribution is 0.318. The average molecular weight is 204 g/mol. The fourth-order valence-corrected chi connectivity index (χ4v) is 1.36. The van der Waals surface area contributed by atoms with Gasteiger partial charge in [0.2, 0.25) is 0 Å². The predicted molar refractivity (Wildman–Crippen MR) is 62.0 cm³/mol. The van der Waals surface area contributed by atoms with E-state index in [0.29, 0.717) is 0 Å². The Labute approximate surface area is 90.2 Å². The molecule has 3 heteroatoms. The van der Waals surface area contributed by atoms with E-state index in [1.807, 2.05) is 25.1 Å². The molecule has 0 saturated carbocycles. The molecule has 1 aromatic rings. The summed E-state index contributed by atoms with van der Waals surface area (Å²) in [6.45, 7) is 4.01. The highest BCUT2D eigenvalue weighted by Gasteiger charge is 2.01. The van der Waals surface area contributed by atoms with Crippen molar-refractivity contribution in [1.29, 1.82) is 0 Å². The fourth-order valence-electron chi connectivity index (χ4n) is 1.36. The van der Waals surface area contributed by atoms with Crippen LogP contribution in [-0.2, 0) is 0 Å². The number of oxime groups is 1. The zero-order chi connectivity index (χ0) is 11.1. The topological polar surface area (TPSA) is 45.5 Å². The third-order valence-electron chi connectivity index (χ3n) is 2.15. The van der Waals surface area contributed by atoms with Gasteiger partial charge in [-0.3, -0.25) is 4.98 Å². The standard InChI is InChI=1S/C12H16N2O/c1-3-4-12(14-15)10(2)9-11-5-7-13-8-6-11/h5-9,15H,3-4H2,1-2H3/b10-9+,14-12+. The Morgan fingerprint density at radius 2 is 2.13 bits per heavy atom. The molecular weight excluding hydrogens is 188 g/mol. The maximum atomic E-state index is 8.84. The monoisotopic (exact) mass is 204 g/mol. The average Bonchev–Trinajstić information content (AvgIpc) is 2.27. The van der Waals surface area contributed by atoms with Crippen LogP contribution in [0, 0.1) is 0 Å². The molecule has 0 amide bonds. The zero-order valence-corrected chi connectivity index (χ0v) is 9.14. The Bertz CT molecular complexity index is 355. The number of nitrogens with zero attached hydrogens (tertiary/aromatic N) is 2. The lowest BCUT2D eigenvalue weighted by Gasteiger charge is -2.02. The quantitative estimate of drug-likeness (QED) is 0.465. The summed E-state index contributed by atoms with van der Waals surface area (Å²) < 4.78 is 0. The molecular formula is C12H16N2O. The van der Waals surface area contributed by atoms with Crippen LogP contribution in [0.2, 0.25) is 0 Å². The number of hydrogen-bond acceptors (Lipinski definition) is 3. The van der Waals surface area contributed by atoms with Crippen molar-refractivity contribution in [2.45, 2.75) is 26.7 Å². The van der Waals surface area contributed by atoms with E-state index in [9.17, 15) is 0 Å². The molecule has 1 N–H and O–H groups in total. The van der Waals surface area contributed by atoms with Crippen molar-refractivity contribution < 1.29 is 5.21 Å². The maximum absolute atomic E-state index is 8.84. The molecule has 1 aromatic heterocycles. The van der Waals surface area contributed by atoms with Gasteiger partial charge in [-0.2, -0.15) is 0 Å². The van der Waals surface area contributed by atoms with E-state index in [-0.39, 0.29) is 0 Å². The molecule has 0 aliphatic rings. The highest BCUT2D eigenvalue weighted by atomic mass is 16.4. The van der Waals surface area contributed by atoms with Gasteiger partial charge in [0.25, 0.3) is 0 Å². The van der Waals surface area contributed by atoms with E-state index in [1.165, 1.54) is 0 Å². The summed E-state index contributed by atoms with van der Waals surface area (Å²) in [7, 11) is 0. The summed E-state index contributed by atoms with van der Waals surface area (Å²) in [5.41, 5.74) is 2.81. The number of allylic oxidation sites excluding steroid dienone is 1. The molecule has 1 rings (SSSR count). The first-order valence-electron chi connectivity index (χ1n) is 5.07. The largest absolute Gasteiger partial charge is 0.411 e. The lowest BCUT2D eigenvalue weighted by atomic mass is 10.1. The fraction of sp³-hybridized carbons (Fsp3) is 0.333. The molecule has 0 fully saturated rings. The van der Waals surface area contributed by atoms with Gasteiger partial charge < -0.3 is 5.21 Å². The Kier molecular flexibility index (Phi) is 4.54. The summed E-state index contributed by atoms with van der Waals surface area (Å²) in [6, 6.07) is 3.84. The van der Waals surface area contributed by atoms with Gasteiger partial charge in [-0.25, -0.2) is 0 Å². The van der Waals surface area contributed by atoms with Crippen molar-refractivity contribution >= 4 is 11.8 Å². The van der Waals surface area contributed by atoms with E-state index in [1.54, 1.807) is 12.4 Å². The van der Waals surface area contributed by atoms with Crippen LogP contribution in [0.15, 0.2) is 35.3 Å². The molecule has 80 valence electrons. The Balaban J connectivity index is 2.83.